The van der Waals surface area contributed by atoms with Gasteiger partial charge in [0.05, 0.1) is 47.5 Å². The number of anilines is 1. The number of carboxylic acid groups (broad SMARTS) is 1. The van der Waals surface area contributed by atoms with Crippen molar-refractivity contribution in [2.24, 2.45) is 0 Å². The van der Waals surface area contributed by atoms with Crippen LogP contribution in [0.3, 0.4) is 0 Å². The lowest BCUT2D eigenvalue weighted by atomic mass is 9.94. The molecule has 3 heterocycles. The normalized spacial score (nSPS) is 14.8. The maximum Gasteiger partial charge on any atom is 0.314 e. The van der Waals surface area contributed by atoms with E-state index in [9.17, 15) is 9.90 Å². The van der Waals surface area contributed by atoms with E-state index in [4.69, 9.17) is 4.74 Å². The van der Waals surface area contributed by atoms with Crippen LogP contribution in [0.5, 0.6) is 0 Å². The summed E-state index contributed by atoms with van der Waals surface area (Å²) >= 11 is 0. The maximum atomic E-state index is 11.6. The summed E-state index contributed by atoms with van der Waals surface area (Å²) in [5, 5.41) is 20.1. The van der Waals surface area contributed by atoms with E-state index < -0.39 is 11.4 Å². The number of carbonyl (C=O) groups is 1. The number of methoxy groups -OCH3 is 1. The summed E-state index contributed by atoms with van der Waals surface area (Å²) in [6.07, 6.45) is 9.18. The summed E-state index contributed by atoms with van der Waals surface area (Å²) in [6.45, 7) is 2.48. The van der Waals surface area contributed by atoms with E-state index in [-0.39, 0.29) is 6.10 Å². The molecule has 0 radical (unpaired) electrons. The highest BCUT2D eigenvalue weighted by atomic mass is 16.5. The summed E-state index contributed by atoms with van der Waals surface area (Å²) in [6, 6.07) is 11.7. The number of hydrogen-bond donors (Lipinski definition) is 3. The van der Waals surface area contributed by atoms with E-state index >= 15 is 0 Å². The van der Waals surface area contributed by atoms with Gasteiger partial charge in [0.2, 0.25) is 0 Å². The van der Waals surface area contributed by atoms with Crippen LogP contribution in [0.4, 0.5) is 5.82 Å². The van der Waals surface area contributed by atoms with E-state index in [1.54, 1.807) is 25.7 Å². The Balaban J connectivity index is 1.26. The van der Waals surface area contributed by atoms with Crippen molar-refractivity contribution >= 4 is 11.8 Å². The molecule has 9 nitrogen and oxygen atoms in total. The monoisotopic (exact) mass is 484 g/mol. The minimum atomic E-state index is -0.743. The second-order valence-electron chi connectivity index (χ2n) is 9.16. The lowest BCUT2D eigenvalue weighted by Gasteiger charge is -2.11. The number of rotatable bonds is 10. The first-order valence-corrected chi connectivity index (χ1v) is 11.9. The van der Waals surface area contributed by atoms with Crippen LogP contribution in [0.2, 0.25) is 0 Å². The molecule has 3 aromatic heterocycles. The highest BCUT2D eigenvalue weighted by Crippen LogP contribution is 2.48. The van der Waals surface area contributed by atoms with Gasteiger partial charge in [-0.25, -0.2) is 4.98 Å². The number of H-pyrrole nitrogens is 1. The van der Waals surface area contributed by atoms with Gasteiger partial charge in [-0.1, -0.05) is 30.3 Å². The van der Waals surface area contributed by atoms with E-state index in [2.05, 4.69) is 30.5 Å². The first-order valence-electron chi connectivity index (χ1n) is 11.9. The third-order valence-corrected chi connectivity index (χ3v) is 6.72. The van der Waals surface area contributed by atoms with Gasteiger partial charge in [0, 0.05) is 37.1 Å². The lowest BCUT2D eigenvalue weighted by Crippen LogP contribution is -2.19. The molecule has 184 valence electrons. The van der Waals surface area contributed by atoms with Crippen molar-refractivity contribution in [3.63, 3.8) is 0 Å². The smallest absolute Gasteiger partial charge is 0.314 e. The van der Waals surface area contributed by atoms with Crippen LogP contribution in [0.15, 0.2) is 61.2 Å². The van der Waals surface area contributed by atoms with Crippen LogP contribution in [-0.2, 0) is 27.9 Å². The minimum Gasteiger partial charge on any atom is -0.481 e. The van der Waals surface area contributed by atoms with Crippen molar-refractivity contribution in [1.29, 1.82) is 0 Å². The van der Waals surface area contributed by atoms with Gasteiger partial charge in [0.15, 0.2) is 0 Å². The third-order valence-electron chi connectivity index (χ3n) is 6.72. The molecular weight excluding hydrogens is 456 g/mol. The van der Waals surface area contributed by atoms with Crippen LogP contribution in [0.1, 0.15) is 36.7 Å². The summed E-state index contributed by atoms with van der Waals surface area (Å²) in [4.78, 5) is 25.1. The molecule has 1 atom stereocenters. The number of nitrogens with one attached hydrogen (secondary N) is 2. The zero-order valence-corrected chi connectivity index (χ0v) is 20.2. The highest BCUT2D eigenvalue weighted by Gasteiger charge is 2.51. The van der Waals surface area contributed by atoms with Gasteiger partial charge < -0.3 is 15.2 Å². The molecule has 3 N–H and O–H groups in total. The predicted octanol–water partition coefficient (Wildman–Crippen LogP) is 4.23. The zero-order valence-electron chi connectivity index (χ0n) is 20.2. The van der Waals surface area contributed by atoms with Gasteiger partial charge in [0.25, 0.3) is 0 Å². The molecule has 1 aromatic carbocycles. The topological polar surface area (TPSA) is 126 Å². The van der Waals surface area contributed by atoms with Crippen molar-refractivity contribution in [3.05, 3.63) is 78.1 Å². The Labute approximate surface area is 209 Å². The molecule has 0 amide bonds. The van der Waals surface area contributed by atoms with Gasteiger partial charge in [-0.2, -0.15) is 5.10 Å². The van der Waals surface area contributed by atoms with E-state index in [0.717, 1.165) is 39.3 Å². The molecule has 1 saturated carbocycles. The van der Waals surface area contributed by atoms with Crippen molar-refractivity contribution < 1.29 is 14.6 Å². The average Bonchev–Trinajstić information content (AvgIpc) is 3.60. The molecule has 0 unspecified atom stereocenters. The van der Waals surface area contributed by atoms with Crippen LogP contribution >= 0.6 is 0 Å². The standard InChI is InChI=1S/C27H28N6O3/c1-17(36-2)11-21-13-28-16-25(32-21)30-15-24-22(14-31-33-24)23-8-5-19(12-29-23)18-3-6-20(7-4-18)27(9-10-27)26(34)35/h3-8,12-14,16-17H,9-11,15H2,1-2H3,(H,30,32)(H,31,33)(H,34,35)/t17-/m1/s1. The first-order chi connectivity index (χ1) is 17.5. The predicted molar refractivity (Wildman–Crippen MR) is 135 cm³/mol. The fourth-order valence-corrected chi connectivity index (χ4v) is 4.27. The van der Waals surface area contributed by atoms with E-state index in [1.807, 2.05) is 49.5 Å². The zero-order chi connectivity index (χ0) is 25.1. The Bertz CT molecular complexity index is 1350. The number of pyridine rings is 1. The van der Waals surface area contributed by atoms with Gasteiger partial charge in [0.1, 0.15) is 5.82 Å². The van der Waals surface area contributed by atoms with Crippen LogP contribution in [-0.4, -0.2) is 49.4 Å². The SMILES string of the molecule is CO[C@H](C)Cc1cncc(NCc2[nH]ncc2-c2ccc(-c3ccc(C4(C(=O)O)CC4)cc3)cn2)n1. The fourth-order valence-electron chi connectivity index (χ4n) is 4.27. The lowest BCUT2D eigenvalue weighted by molar-refractivity contribution is -0.140. The van der Waals surface area contributed by atoms with Crippen molar-refractivity contribution in [3.8, 4) is 22.4 Å². The molecule has 1 aliphatic carbocycles. The molecule has 0 bridgehead atoms. The number of carboxylic acids is 1. The molecule has 9 heteroatoms. The molecule has 4 aromatic rings. The first kappa shape index (κ1) is 23.6. The Morgan fingerprint density at radius 2 is 1.89 bits per heavy atom. The van der Waals surface area contributed by atoms with Crippen LogP contribution in [0, 0.1) is 0 Å². The molecule has 0 saturated heterocycles. The molecule has 0 aliphatic heterocycles. The maximum absolute atomic E-state index is 11.6. The molecule has 5 rings (SSSR count). The Hall–Kier alpha value is -4.11. The molecule has 1 fully saturated rings. The van der Waals surface area contributed by atoms with Crippen LogP contribution in [0.25, 0.3) is 22.4 Å². The Morgan fingerprint density at radius 3 is 2.56 bits per heavy atom. The van der Waals surface area contributed by atoms with Gasteiger partial charge >= 0.3 is 5.97 Å². The van der Waals surface area contributed by atoms with Crippen molar-refractivity contribution in [2.45, 2.75) is 44.2 Å². The molecule has 0 spiro atoms. The number of aromatic amines is 1. The van der Waals surface area contributed by atoms with Crippen molar-refractivity contribution in [2.75, 3.05) is 12.4 Å². The number of nitrogens with zero attached hydrogens (tertiary/aromatic N) is 4. The summed E-state index contributed by atoms with van der Waals surface area (Å²) in [7, 11) is 1.68. The Kier molecular flexibility index (Phi) is 6.47. The second kappa shape index (κ2) is 9.87. The summed E-state index contributed by atoms with van der Waals surface area (Å²) in [5.41, 5.74) is 5.58. The Morgan fingerprint density at radius 1 is 1.11 bits per heavy atom. The summed E-state index contributed by atoms with van der Waals surface area (Å²) in [5.74, 6) is -0.0638. The largest absolute Gasteiger partial charge is 0.481 e. The average molecular weight is 485 g/mol. The quantitative estimate of drug-likeness (QED) is 0.305. The number of hydrogen-bond acceptors (Lipinski definition) is 7. The number of aromatic nitrogens is 5. The summed E-state index contributed by atoms with van der Waals surface area (Å²) < 4.78 is 5.31. The van der Waals surface area contributed by atoms with Gasteiger partial charge in [-0.05, 0) is 37.0 Å². The molecule has 36 heavy (non-hydrogen) atoms. The number of benzene rings is 1. The van der Waals surface area contributed by atoms with Crippen LogP contribution < -0.4 is 5.32 Å². The fraction of sp³-hybridized carbons (Fsp3) is 0.296. The molecular formula is C27H28N6O3. The third kappa shape index (κ3) is 4.83. The highest BCUT2D eigenvalue weighted by molar-refractivity contribution is 5.85. The molecule has 1 aliphatic rings. The van der Waals surface area contributed by atoms with E-state index in [0.29, 0.717) is 31.6 Å². The second-order valence-corrected chi connectivity index (χ2v) is 9.16. The number of ether oxygens (including phenoxy) is 1. The minimum absolute atomic E-state index is 0.0697. The van der Waals surface area contributed by atoms with Gasteiger partial charge in [-0.15, -0.1) is 0 Å². The van der Waals surface area contributed by atoms with Gasteiger partial charge in [-0.3, -0.25) is 19.9 Å². The number of aliphatic carboxylic acids is 1. The van der Waals surface area contributed by atoms with Crippen molar-refractivity contribution in [1.82, 2.24) is 25.1 Å². The van der Waals surface area contributed by atoms with E-state index in [1.165, 1.54) is 0 Å².